The molecular weight excluding hydrogens is 242 g/mol. The monoisotopic (exact) mass is 263 g/mol. The Bertz CT molecular complexity index is 205. The highest BCUT2D eigenvalue weighted by Crippen LogP contribution is 2.15. The molecule has 1 rings (SSSR count). The Kier molecular flexibility index (Phi) is 7.30. The number of hydrogen-bond donors (Lipinski definition) is 0. The number of likely N-dealkylation sites (tertiary alicyclic amines) is 1. The van der Waals surface area contributed by atoms with Crippen molar-refractivity contribution in [2.24, 2.45) is 0 Å². The third-order valence-corrected chi connectivity index (χ3v) is 4.24. The molecule has 0 N–H and O–H groups in total. The van der Waals surface area contributed by atoms with Gasteiger partial charge in [-0.15, -0.1) is 11.6 Å². The molecule has 0 aromatic rings. The topological polar surface area (TPSA) is 20.3 Å². The van der Waals surface area contributed by atoms with Crippen LogP contribution in [0.15, 0.2) is 0 Å². The average Bonchev–Trinajstić information content (AvgIpc) is 2.56. The third kappa shape index (κ3) is 4.96. The van der Waals surface area contributed by atoms with E-state index >= 15 is 0 Å². The lowest BCUT2D eigenvalue weighted by Gasteiger charge is -2.22. The summed E-state index contributed by atoms with van der Waals surface area (Å²) in [4.78, 5) is 14.0. The number of rotatable bonds is 5. The van der Waals surface area contributed by atoms with E-state index in [1.807, 2.05) is 16.7 Å². The van der Waals surface area contributed by atoms with Crippen molar-refractivity contribution in [3.05, 3.63) is 0 Å². The van der Waals surface area contributed by atoms with Crippen LogP contribution in [0.2, 0.25) is 0 Å². The van der Waals surface area contributed by atoms with Gasteiger partial charge < -0.3 is 4.90 Å². The second-order valence-electron chi connectivity index (χ2n) is 4.19. The fraction of sp³-hybridized carbons (Fsp3) is 0.917. The van der Waals surface area contributed by atoms with Gasteiger partial charge in [-0.25, -0.2) is 0 Å². The van der Waals surface area contributed by atoms with Crippen molar-refractivity contribution in [2.75, 3.05) is 24.6 Å². The molecule has 0 aromatic heterocycles. The summed E-state index contributed by atoms with van der Waals surface area (Å²) in [7, 11) is 0. The molecule has 1 amide bonds. The molecule has 0 aromatic carbocycles. The first kappa shape index (κ1) is 14.2. The molecule has 1 atom stereocenters. The molecule has 16 heavy (non-hydrogen) atoms. The number of hydrogen-bond acceptors (Lipinski definition) is 2. The van der Waals surface area contributed by atoms with Crippen LogP contribution in [0.1, 0.15) is 39.0 Å². The lowest BCUT2D eigenvalue weighted by molar-refractivity contribution is -0.130. The third-order valence-electron chi connectivity index (χ3n) is 2.91. The van der Waals surface area contributed by atoms with Gasteiger partial charge in [-0.3, -0.25) is 4.79 Å². The van der Waals surface area contributed by atoms with Crippen LogP contribution in [0.4, 0.5) is 0 Å². The summed E-state index contributed by atoms with van der Waals surface area (Å²) in [6, 6.07) is 0. The van der Waals surface area contributed by atoms with Crippen LogP contribution < -0.4 is 0 Å². The zero-order valence-corrected chi connectivity index (χ0v) is 11.7. The Balaban J connectivity index is 2.30. The molecule has 0 bridgehead atoms. The van der Waals surface area contributed by atoms with E-state index in [0.717, 1.165) is 43.9 Å². The second kappa shape index (κ2) is 8.24. The van der Waals surface area contributed by atoms with Crippen LogP contribution in [0.3, 0.4) is 0 Å². The Hall–Kier alpha value is 0.110. The highest BCUT2D eigenvalue weighted by Gasteiger charge is 2.22. The smallest absolute Gasteiger partial charge is 0.240 e. The molecule has 1 fully saturated rings. The van der Waals surface area contributed by atoms with Crippen molar-refractivity contribution in [3.63, 3.8) is 0 Å². The highest BCUT2D eigenvalue weighted by atomic mass is 35.5. The fourth-order valence-corrected chi connectivity index (χ4v) is 3.01. The molecule has 1 aliphatic rings. The molecule has 94 valence electrons. The fourth-order valence-electron chi connectivity index (χ4n) is 1.94. The molecule has 0 spiro atoms. The minimum atomic E-state index is -0.308. The first-order valence-corrected chi connectivity index (χ1v) is 7.85. The van der Waals surface area contributed by atoms with Gasteiger partial charge in [0.05, 0.1) is 0 Å². The van der Waals surface area contributed by atoms with Crippen molar-refractivity contribution in [1.82, 2.24) is 4.90 Å². The van der Waals surface area contributed by atoms with Crippen LogP contribution in [0.5, 0.6) is 0 Å². The van der Waals surface area contributed by atoms with Crippen molar-refractivity contribution in [3.8, 4) is 0 Å². The van der Waals surface area contributed by atoms with Crippen LogP contribution in [-0.4, -0.2) is 40.8 Å². The van der Waals surface area contributed by atoms with Crippen LogP contribution >= 0.6 is 23.4 Å². The average molecular weight is 264 g/mol. The predicted molar refractivity (Wildman–Crippen MR) is 72.3 cm³/mol. The van der Waals surface area contributed by atoms with E-state index in [4.69, 9.17) is 11.6 Å². The van der Waals surface area contributed by atoms with E-state index in [9.17, 15) is 4.79 Å². The first-order chi connectivity index (χ1) is 7.75. The van der Waals surface area contributed by atoms with E-state index in [2.05, 4.69) is 6.92 Å². The van der Waals surface area contributed by atoms with E-state index in [1.54, 1.807) is 0 Å². The zero-order valence-electron chi connectivity index (χ0n) is 10.1. The summed E-state index contributed by atoms with van der Waals surface area (Å²) in [5, 5.41) is -0.308. The summed E-state index contributed by atoms with van der Waals surface area (Å²) < 4.78 is 0. The van der Waals surface area contributed by atoms with Gasteiger partial charge in [0.2, 0.25) is 5.91 Å². The number of carbonyl (C=O) groups excluding carboxylic acids is 1. The Morgan fingerprint density at radius 1 is 1.31 bits per heavy atom. The zero-order chi connectivity index (χ0) is 11.8. The van der Waals surface area contributed by atoms with E-state index in [0.29, 0.717) is 0 Å². The predicted octanol–water partition coefficient (Wildman–Crippen LogP) is 3.14. The summed E-state index contributed by atoms with van der Waals surface area (Å²) >= 11 is 8.00. The Morgan fingerprint density at radius 3 is 2.50 bits per heavy atom. The first-order valence-electron chi connectivity index (χ1n) is 6.26. The molecule has 1 heterocycles. The molecule has 1 aliphatic heterocycles. The number of alkyl halides is 1. The summed E-state index contributed by atoms with van der Waals surface area (Å²) in [5.41, 5.74) is 0. The number of halogens is 1. The molecule has 4 heteroatoms. The Labute approximate surface area is 108 Å². The van der Waals surface area contributed by atoms with E-state index < -0.39 is 0 Å². The van der Waals surface area contributed by atoms with Gasteiger partial charge in [-0.05, 0) is 30.8 Å². The summed E-state index contributed by atoms with van der Waals surface area (Å²) in [6.45, 7) is 3.94. The van der Waals surface area contributed by atoms with Crippen molar-refractivity contribution < 1.29 is 4.79 Å². The van der Waals surface area contributed by atoms with Gasteiger partial charge in [0.1, 0.15) is 5.38 Å². The minimum absolute atomic E-state index is 0.153. The highest BCUT2D eigenvalue weighted by molar-refractivity contribution is 7.99. The maximum absolute atomic E-state index is 12.0. The second-order valence-corrected chi connectivity index (χ2v) is 6.11. The number of nitrogens with zero attached hydrogens (tertiary/aromatic N) is 1. The normalized spacial score (nSPS) is 19.2. The van der Waals surface area contributed by atoms with Crippen molar-refractivity contribution in [1.29, 1.82) is 0 Å². The summed E-state index contributed by atoms with van der Waals surface area (Å²) in [6.07, 6.45) is 5.58. The molecule has 0 aliphatic carbocycles. The van der Waals surface area contributed by atoms with E-state index in [1.165, 1.54) is 12.8 Å². The largest absolute Gasteiger partial charge is 0.341 e. The van der Waals surface area contributed by atoms with Gasteiger partial charge in [0, 0.05) is 13.1 Å². The lowest BCUT2D eigenvalue weighted by Crippen LogP contribution is -2.37. The van der Waals surface area contributed by atoms with Gasteiger partial charge in [0.15, 0.2) is 0 Å². The van der Waals surface area contributed by atoms with Crippen LogP contribution in [-0.2, 0) is 4.79 Å². The minimum Gasteiger partial charge on any atom is -0.341 e. The van der Waals surface area contributed by atoms with Gasteiger partial charge >= 0.3 is 0 Å². The molecule has 1 unspecified atom stereocenters. The van der Waals surface area contributed by atoms with Crippen molar-refractivity contribution in [2.45, 2.75) is 44.4 Å². The maximum Gasteiger partial charge on any atom is 0.240 e. The molecule has 2 nitrogen and oxygen atoms in total. The molecule has 0 saturated carbocycles. The van der Waals surface area contributed by atoms with Gasteiger partial charge in [-0.2, -0.15) is 11.8 Å². The lowest BCUT2D eigenvalue weighted by atomic mass is 10.2. The maximum atomic E-state index is 12.0. The standard InChI is InChI=1S/C12H22ClNOS/c1-2-16-10-7-11(13)12(15)14-8-5-3-4-6-9-14/h11H,2-10H2,1H3. The van der Waals surface area contributed by atoms with Gasteiger partial charge in [0.25, 0.3) is 0 Å². The number of carbonyl (C=O) groups is 1. The van der Waals surface area contributed by atoms with Crippen LogP contribution in [0, 0.1) is 0 Å². The molecule has 1 saturated heterocycles. The van der Waals surface area contributed by atoms with E-state index in [-0.39, 0.29) is 11.3 Å². The SMILES string of the molecule is CCSCCC(Cl)C(=O)N1CCCCCC1. The van der Waals surface area contributed by atoms with Crippen LogP contribution in [0.25, 0.3) is 0 Å². The molecular formula is C12H22ClNOS. The van der Waals surface area contributed by atoms with Crippen molar-refractivity contribution >= 4 is 29.3 Å². The summed E-state index contributed by atoms with van der Waals surface area (Å²) in [5.74, 6) is 2.24. The Morgan fingerprint density at radius 2 is 1.94 bits per heavy atom. The quantitative estimate of drug-likeness (QED) is 0.561. The number of thioether (sulfide) groups is 1. The molecule has 0 radical (unpaired) electrons. The number of amides is 1. The van der Waals surface area contributed by atoms with Gasteiger partial charge in [-0.1, -0.05) is 19.8 Å².